The monoisotopic (exact) mass is 380 g/mol. The van der Waals surface area contributed by atoms with E-state index < -0.39 is 11.7 Å². The topological polar surface area (TPSA) is 45.5 Å². The first kappa shape index (κ1) is 19.5. The van der Waals surface area contributed by atoms with E-state index in [0.717, 1.165) is 43.6 Å². The minimum Gasteiger partial charge on any atom is -0.472 e. The molecular formula is C20H23F3N2O2. The van der Waals surface area contributed by atoms with Gasteiger partial charge in [0.2, 0.25) is 0 Å². The zero-order valence-electron chi connectivity index (χ0n) is 15.1. The lowest BCUT2D eigenvalue weighted by Gasteiger charge is -2.38. The van der Waals surface area contributed by atoms with Crippen molar-refractivity contribution in [3.8, 4) is 0 Å². The summed E-state index contributed by atoms with van der Waals surface area (Å²) in [6.07, 6.45) is 0.314. The smallest absolute Gasteiger partial charge is 0.416 e. The number of piperidine rings is 1. The highest BCUT2D eigenvalue weighted by molar-refractivity contribution is 5.93. The lowest BCUT2D eigenvalue weighted by molar-refractivity contribution is -0.137. The highest BCUT2D eigenvalue weighted by Gasteiger charge is 2.31. The second-order valence-corrected chi connectivity index (χ2v) is 6.98. The first-order valence-electron chi connectivity index (χ1n) is 9.08. The maximum Gasteiger partial charge on any atom is 0.416 e. The number of carbonyl (C=O) groups excluding carboxylic acids is 1. The van der Waals surface area contributed by atoms with Gasteiger partial charge in [-0.2, -0.15) is 13.2 Å². The summed E-state index contributed by atoms with van der Waals surface area (Å²) in [4.78, 5) is 14.5. The van der Waals surface area contributed by atoms with E-state index in [9.17, 15) is 18.0 Å². The van der Waals surface area contributed by atoms with Crippen LogP contribution in [0, 0.1) is 5.92 Å². The number of hydrogen-bond acceptors (Lipinski definition) is 3. The molecule has 7 heteroatoms. The van der Waals surface area contributed by atoms with E-state index in [0.29, 0.717) is 18.0 Å². The molecule has 1 amide bonds. The number of likely N-dealkylation sites (tertiary alicyclic amines) is 1. The van der Waals surface area contributed by atoms with E-state index >= 15 is 0 Å². The van der Waals surface area contributed by atoms with E-state index in [-0.39, 0.29) is 11.9 Å². The number of hydrogen-bond donors (Lipinski definition) is 1. The molecule has 1 saturated heterocycles. The summed E-state index contributed by atoms with van der Waals surface area (Å²) in [6, 6.07) is 7.05. The van der Waals surface area contributed by atoms with Crippen LogP contribution in [0.5, 0.6) is 0 Å². The van der Waals surface area contributed by atoms with Gasteiger partial charge in [0.1, 0.15) is 6.26 Å². The van der Waals surface area contributed by atoms with Crippen LogP contribution in [0.4, 0.5) is 13.2 Å². The van der Waals surface area contributed by atoms with E-state index in [4.69, 9.17) is 4.42 Å². The number of nitrogens with zero attached hydrogens (tertiary/aromatic N) is 1. The summed E-state index contributed by atoms with van der Waals surface area (Å²) in [5, 5.41) is 3.08. The number of amides is 1. The van der Waals surface area contributed by atoms with Gasteiger partial charge in [-0.25, -0.2) is 0 Å². The molecule has 146 valence electrons. The fourth-order valence-electron chi connectivity index (χ4n) is 3.56. The van der Waals surface area contributed by atoms with Gasteiger partial charge in [0.25, 0.3) is 5.91 Å². The molecule has 0 spiro atoms. The van der Waals surface area contributed by atoms with Gasteiger partial charge in [0, 0.05) is 25.7 Å². The molecule has 1 aromatic carbocycles. The van der Waals surface area contributed by atoms with Crippen LogP contribution in [0.15, 0.2) is 47.3 Å². The third-order valence-corrected chi connectivity index (χ3v) is 5.13. The van der Waals surface area contributed by atoms with Crippen LogP contribution in [0.1, 0.15) is 41.3 Å². The van der Waals surface area contributed by atoms with Crippen LogP contribution in [0.25, 0.3) is 0 Å². The zero-order chi connectivity index (χ0) is 19.4. The number of alkyl halides is 3. The molecule has 0 bridgehead atoms. The van der Waals surface area contributed by atoms with Gasteiger partial charge in [-0.1, -0.05) is 25.5 Å². The molecule has 27 heavy (non-hydrogen) atoms. The number of halogens is 3. The van der Waals surface area contributed by atoms with Gasteiger partial charge in [-0.05, 0) is 36.1 Å². The third-order valence-electron chi connectivity index (χ3n) is 5.13. The Morgan fingerprint density at radius 1 is 1.26 bits per heavy atom. The molecule has 1 aliphatic heterocycles. The van der Waals surface area contributed by atoms with Crippen LogP contribution in [0.3, 0.4) is 0 Å². The highest BCUT2D eigenvalue weighted by atomic mass is 19.4. The average molecular weight is 380 g/mol. The Kier molecular flexibility index (Phi) is 5.89. The summed E-state index contributed by atoms with van der Waals surface area (Å²) in [6.45, 7) is 4.28. The summed E-state index contributed by atoms with van der Waals surface area (Å²) >= 11 is 0. The quantitative estimate of drug-likeness (QED) is 0.840. The lowest BCUT2D eigenvalue weighted by atomic mass is 9.89. The number of rotatable bonds is 5. The molecule has 3 rings (SSSR count). The van der Waals surface area contributed by atoms with E-state index in [1.54, 1.807) is 6.07 Å². The van der Waals surface area contributed by atoms with Crippen molar-refractivity contribution in [2.45, 2.75) is 38.5 Å². The molecule has 1 aromatic heterocycles. The van der Waals surface area contributed by atoms with Crippen LogP contribution in [0.2, 0.25) is 0 Å². The summed E-state index contributed by atoms with van der Waals surface area (Å²) in [7, 11) is 0. The van der Waals surface area contributed by atoms with E-state index in [2.05, 4.69) is 17.1 Å². The molecule has 1 aliphatic rings. The van der Waals surface area contributed by atoms with Crippen LogP contribution in [-0.4, -0.2) is 29.9 Å². The summed E-state index contributed by atoms with van der Waals surface area (Å²) in [5.74, 6) is 0.160. The molecule has 0 unspecified atom stereocenters. The molecular weight excluding hydrogens is 357 g/mol. The van der Waals surface area contributed by atoms with Gasteiger partial charge in [-0.3, -0.25) is 9.69 Å². The molecule has 0 aliphatic carbocycles. The van der Waals surface area contributed by atoms with Gasteiger partial charge in [-0.15, -0.1) is 0 Å². The molecule has 2 atom stereocenters. The van der Waals surface area contributed by atoms with Gasteiger partial charge >= 0.3 is 6.18 Å². The van der Waals surface area contributed by atoms with Crippen LogP contribution < -0.4 is 5.32 Å². The van der Waals surface area contributed by atoms with Crippen molar-refractivity contribution in [1.82, 2.24) is 10.2 Å². The first-order chi connectivity index (χ1) is 12.9. The van der Waals surface area contributed by atoms with Crippen molar-refractivity contribution in [2.75, 3.05) is 13.1 Å². The minimum atomic E-state index is -4.31. The lowest BCUT2D eigenvalue weighted by Crippen LogP contribution is -2.50. The first-order valence-corrected chi connectivity index (χ1v) is 9.08. The SMILES string of the molecule is CC[C@@H]1CN(Cc2ccc(C(F)(F)F)cc2)CC[C@@H]1NC(=O)c1ccoc1. The Labute approximate surface area is 156 Å². The van der Waals surface area contributed by atoms with Crippen molar-refractivity contribution in [2.24, 2.45) is 5.92 Å². The van der Waals surface area contributed by atoms with E-state index in [1.165, 1.54) is 24.7 Å². The largest absolute Gasteiger partial charge is 0.472 e. The second-order valence-electron chi connectivity index (χ2n) is 6.98. The van der Waals surface area contributed by atoms with Crippen molar-refractivity contribution in [3.05, 3.63) is 59.5 Å². The number of furan rings is 1. The number of nitrogens with one attached hydrogen (secondary N) is 1. The van der Waals surface area contributed by atoms with Gasteiger partial charge in [0.15, 0.2) is 0 Å². The van der Waals surface area contributed by atoms with Crippen LogP contribution >= 0.6 is 0 Å². The predicted molar refractivity (Wildman–Crippen MR) is 95.1 cm³/mol. The maximum atomic E-state index is 12.7. The fraction of sp³-hybridized carbons (Fsp3) is 0.450. The zero-order valence-corrected chi connectivity index (χ0v) is 15.1. The predicted octanol–water partition coefficient (Wildman–Crippen LogP) is 4.33. The molecule has 0 saturated carbocycles. The Balaban J connectivity index is 1.57. The Morgan fingerprint density at radius 3 is 2.59 bits per heavy atom. The standard InChI is InChI=1S/C20H23F3N2O2/c1-2-15-12-25(11-14-3-5-17(6-4-14)20(21,22)23)9-7-18(15)24-19(26)16-8-10-27-13-16/h3-6,8,10,13,15,18H,2,7,9,11-12H2,1H3,(H,24,26)/t15-,18+/m1/s1. The summed E-state index contributed by atoms with van der Waals surface area (Å²) in [5.41, 5.74) is 0.745. The molecule has 0 radical (unpaired) electrons. The summed E-state index contributed by atoms with van der Waals surface area (Å²) < 4.78 is 43.0. The molecule has 1 N–H and O–H groups in total. The highest BCUT2D eigenvalue weighted by Crippen LogP contribution is 2.29. The minimum absolute atomic E-state index is 0.0845. The molecule has 4 nitrogen and oxygen atoms in total. The molecule has 2 aromatic rings. The molecule has 2 heterocycles. The molecule has 1 fully saturated rings. The van der Waals surface area contributed by atoms with E-state index in [1.807, 2.05) is 0 Å². The Hall–Kier alpha value is -2.28. The normalized spacial score (nSPS) is 21.2. The number of benzene rings is 1. The maximum absolute atomic E-state index is 12.7. The van der Waals surface area contributed by atoms with Crippen molar-refractivity contribution >= 4 is 5.91 Å². The van der Waals surface area contributed by atoms with Crippen molar-refractivity contribution < 1.29 is 22.4 Å². The fourth-order valence-corrected chi connectivity index (χ4v) is 3.56. The van der Waals surface area contributed by atoms with Crippen molar-refractivity contribution in [1.29, 1.82) is 0 Å². The van der Waals surface area contributed by atoms with Gasteiger partial charge in [0.05, 0.1) is 17.4 Å². The van der Waals surface area contributed by atoms with Crippen molar-refractivity contribution in [3.63, 3.8) is 0 Å². The second kappa shape index (κ2) is 8.17. The van der Waals surface area contributed by atoms with Gasteiger partial charge < -0.3 is 9.73 Å². The Morgan fingerprint density at radius 2 is 2.00 bits per heavy atom. The third kappa shape index (κ3) is 4.91. The van der Waals surface area contributed by atoms with Crippen LogP contribution in [-0.2, 0) is 12.7 Å². The number of carbonyl (C=O) groups is 1. The average Bonchev–Trinajstić information content (AvgIpc) is 3.17. The Bertz CT molecular complexity index is 742.